The molecule has 0 aliphatic heterocycles. The van der Waals surface area contributed by atoms with Crippen molar-refractivity contribution in [3.05, 3.63) is 107 Å². The van der Waals surface area contributed by atoms with E-state index in [4.69, 9.17) is 0 Å². The molecule has 30 heavy (non-hydrogen) atoms. The van der Waals surface area contributed by atoms with E-state index in [0.717, 1.165) is 0 Å². The molecule has 3 aromatic carbocycles. The predicted octanol–water partition coefficient (Wildman–Crippen LogP) is 5.25. The number of ketones is 2. The number of aromatic nitrogens is 2. The Balaban J connectivity index is 1.99. The zero-order chi connectivity index (χ0) is 21.3. The number of carbonyl (C=O) groups excluding carboxylic acids is 2. The molecule has 1 heterocycles. The van der Waals surface area contributed by atoms with Crippen LogP contribution in [0.15, 0.2) is 78.9 Å². The molecular weight excluding hydrogens is 386 g/mol. The summed E-state index contributed by atoms with van der Waals surface area (Å²) in [6.07, 6.45) is 0. The van der Waals surface area contributed by atoms with Crippen LogP contribution in [0.3, 0.4) is 0 Å². The zero-order valence-corrected chi connectivity index (χ0v) is 16.0. The summed E-state index contributed by atoms with van der Waals surface area (Å²) in [5.41, 5.74) is 1.85. The Bertz CT molecular complexity index is 1230. The second-order valence-corrected chi connectivity index (χ2v) is 6.72. The number of rotatable bonds is 5. The summed E-state index contributed by atoms with van der Waals surface area (Å²) in [5, 5.41) is 4.46. The van der Waals surface area contributed by atoms with E-state index in [1.54, 1.807) is 24.3 Å². The Morgan fingerprint density at radius 2 is 1.37 bits per heavy atom. The predicted molar refractivity (Wildman–Crippen MR) is 109 cm³/mol. The Kier molecular flexibility index (Phi) is 5.06. The van der Waals surface area contributed by atoms with Crippen LogP contribution in [0.5, 0.6) is 0 Å². The first-order chi connectivity index (χ1) is 14.5. The van der Waals surface area contributed by atoms with Crippen LogP contribution >= 0.6 is 0 Å². The molecule has 4 rings (SSSR count). The average Bonchev–Trinajstić information content (AvgIpc) is 3.16. The molecule has 0 bridgehead atoms. The molecule has 0 spiro atoms. The molecule has 4 nitrogen and oxygen atoms in total. The minimum atomic E-state index is -0.502. The van der Waals surface area contributed by atoms with Gasteiger partial charge in [-0.25, -0.2) is 13.5 Å². The third-order valence-electron chi connectivity index (χ3n) is 4.68. The molecule has 0 aliphatic carbocycles. The minimum Gasteiger partial charge on any atom is -0.294 e. The monoisotopic (exact) mass is 402 g/mol. The van der Waals surface area contributed by atoms with Gasteiger partial charge in [0.25, 0.3) is 0 Å². The number of nitrogens with zero attached hydrogens (tertiary/aromatic N) is 2. The van der Waals surface area contributed by atoms with E-state index in [-0.39, 0.29) is 22.6 Å². The van der Waals surface area contributed by atoms with Crippen LogP contribution < -0.4 is 0 Å². The summed E-state index contributed by atoms with van der Waals surface area (Å²) >= 11 is 0. The van der Waals surface area contributed by atoms with E-state index in [2.05, 4.69) is 5.10 Å². The minimum absolute atomic E-state index is 0.0442. The van der Waals surface area contributed by atoms with Gasteiger partial charge in [-0.1, -0.05) is 18.2 Å². The van der Waals surface area contributed by atoms with Crippen molar-refractivity contribution < 1.29 is 18.4 Å². The summed E-state index contributed by atoms with van der Waals surface area (Å²) in [4.78, 5) is 25.8. The van der Waals surface area contributed by atoms with Crippen molar-refractivity contribution in [2.24, 2.45) is 0 Å². The summed E-state index contributed by atoms with van der Waals surface area (Å²) in [7, 11) is 0. The largest absolute Gasteiger partial charge is 0.294 e. The van der Waals surface area contributed by atoms with E-state index in [9.17, 15) is 18.4 Å². The molecule has 0 N–H and O–H groups in total. The Hall–Kier alpha value is -3.93. The maximum atomic E-state index is 13.5. The molecule has 0 saturated heterocycles. The van der Waals surface area contributed by atoms with Crippen molar-refractivity contribution in [3.8, 4) is 16.9 Å². The standard InChI is InChI=1S/C24H16F2N2O2/c1-15(29)21-22(24(30)17-9-13-19(26)14-10-17)27-28(20-5-3-2-4-6-20)23(21)16-7-11-18(25)12-8-16/h2-14H,1H3. The fourth-order valence-electron chi connectivity index (χ4n) is 3.28. The van der Waals surface area contributed by atoms with Gasteiger partial charge in [0.1, 0.15) is 17.3 Å². The Morgan fingerprint density at radius 1 is 0.800 bits per heavy atom. The molecule has 0 fully saturated rings. The fourth-order valence-corrected chi connectivity index (χ4v) is 3.28. The number of hydrogen-bond donors (Lipinski definition) is 0. The van der Waals surface area contributed by atoms with Crippen LogP contribution in [0.2, 0.25) is 0 Å². The summed E-state index contributed by atoms with van der Waals surface area (Å²) in [6, 6.07) is 19.7. The highest BCUT2D eigenvalue weighted by molar-refractivity contribution is 6.16. The van der Waals surface area contributed by atoms with Crippen molar-refractivity contribution in [1.29, 1.82) is 0 Å². The van der Waals surface area contributed by atoms with Crippen molar-refractivity contribution >= 4 is 11.6 Å². The van der Waals surface area contributed by atoms with Gasteiger partial charge in [0.05, 0.1) is 16.9 Å². The lowest BCUT2D eigenvalue weighted by Gasteiger charge is -2.09. The van der Waals surface area contributed by atoms with Crippen molar-refractivity contribution in [2.45, 2.75) is 6.92 Å². The van der Waals surface area contributed by atoms with Crippen LogP contribution in [0.4, 0.5) is 8.78 Å². The van der Waals surface area contributed by atoms with Gasteiger partial charge in [0.15, 0.2) is 5.78 Å². The van der Waals surface area contributed by atoms with E-state index >= 15 is 0 Å². The summed E-state index contributed by atoms with van der Waals surface area (Å²) < 4.78 is 28.3. The lowest BCUT2D eigenvalue weighted by molar-refractivity contribution is 0.0989. The van der Waals surface area contributed by atoms with Gasteiger partial charge in [-0.15, -0.1) is 0 Å². The molecule has 0 unspecified atom stereocenters. The normalized spacial score (nSPS) is 10.8. The molecule has 0 atom stereocenters. The van der Waals surface area contributed by atoms with Gasteiger partial charge in [-0.05, 0) is 67.6 Å². The third kappa shape index (κ3) is 3.55. The second kappa shape index (κ2) is 7.83. The zero-order valence-electron chi connectivity index (χ0n) is 16.0. The maximum absolute atomic E-state index is 13.5. The number of carbonyl (C=O) groups is 2. The molecule has 4 aromatic rings. The Morgan fingerprint density at radius 3 is 1.93 bits per heavy atom. The molecule has 1 aromatic heterocycles. The van der Waals surface area contributed by atoms with E-state index < -0.39 is 17.4 Å². The highest BCUT2D eigenvalue weighted by Gasteiger charge is 2.28. The molecule has 0 radical (unpaired) electrons. The first-order valence-corrected chi connectivity index (χ1v) is 9.21. The van der Waals surface area contributed by atoms with Crippen molar-refractivity contribution in [1.82, 2.24) is 9.78 Å². The number of hydrogen-bond acceptors (Lipinski definition) is 3. The first-order valence-electron chi connectivity index (χ1n) is 9.21. The fraction of sp³-hybridized carbons (Fsp3) is 0.0417. The Labute approximate surface area is 171 Å². The second-order valence-electron chi connectivity index (χ2n) is 6.72. The molecule has 0 amide bonds. The lowest BCUT2D eigenvalue weighted by atomic mass is 9.98. The van der Waals surface area contributed by atoms with Gasteiger partial charge in [-0.3, -0.25) is 9.59 Å². The van der Waals surface area contributed by atoms with Gasteiger partial charge in [0, 0.05) is 11.1 Å². The number of halogens is 2. The van der Waals surface area contributed by atoms with E-state index in [1.165, 1.54) is 60.1 Å². The van der Waals surface area contributed by atoms with E-state index in [1.807, 2.05) is 6.07 Å². The number of Topliss-reactive ketones (excluding diaryl/α,β-unsaturated/α-hetero) is 1. The van der Waals surface area contributed by atoms with Gasteiger partial charge >= 0.3 is 0 Å². The van der Waals surface area contributed by atoms with Gasteiger partial charge < -0.3 is 0 Å². The number of benzene rings is 3. The van der Waals surface area contributed by atoms with Crippen molar-refractivity contribution in [2.75, 3.05) is 0 Å². The smallest absolute Gasteiger partial charge is 0.214 e. The first kappa shape index (κ1) is 19.4. The SMILES string of the molecule is CC(=O)c1c(C(=O)c2ccc(F)cc2)nn(-c2ccccc2)c1-c1ccc(F)cc1. The molecule has 0 aliphatic rings. The van der Waals surface area contributed by atoms with Crippen LogP contribution in [0.1, 0.15) is 33.3 Å². The van der Waals surface area contributed by atoms with Crippen LogP contribution in [0.25, 0.3) is 16.9 Å². The quantitative estimate of drug-likeness (QED) is 0.429. The summed E-state index contributed by atoms with van der Waals surface area (Å²) in [5.74, 6) is -1.75. The highest BCUT2D eigenvalue weighted by Crippen LogP contribution is 2.31. The molecule has 6 heteroatoms. The highest BCUT2D eigenvalue weighted by atomic mass is 19.1. The van der Waals surface area contributed by atoms with Crippen LogP contribution in [0, 0.1) is 11.6 Å². The molecule has 148 valence electrons. The van der Waals surface area contributed by atoms with Crippen LogP contribution in [-0.2, 0) is 0 Å². The summed E-state index contributed by atoms with van der Waals surface area (Å²) in [6.45, 7) is 1.35. The molecule has 0 saturated carbocycles. The average molecular weight is 402 g/mol. The van der Waals surface area contributed by atoms with Crippen molar-refractivity contribution in [3.63, 3.8) is 0 Å². The number of para-hydroxylation sites is 1. The van der Waals surface area contributed by atoms with Gasteiger partial charge in [-0.2, -0.15) is 5.10 Å². The topological polar surface area (TPSA) is 52.0 Å². The lowest BCUT2D eigenvalue weighted by Crippen LogP contribution is -2.08. The van der Waals surface area contributed by atoms with Gasteiger partial charge in [0.2, 0.25) is 5.78 Å². The maximum Gasteiger partial charge on any atom is 0.214 e. The molecular formula is C24H16F2N2O2. The third-order valence-corrected chi connectivity index (χ3v) is 4.68. The van der Waals surface area contributed by atoms with Crippen LogP contribution in [-0.4, -0.2) is 21.3 Å². The van der Waals surface area contributed by atoms with E-state index in [0.29, 0.717) is 16.9 Å².